The summed E-state index contributed by atoms with van der Waals surface area (Å²) in [4.78, 5) is 0. The molecule has 2 unspecified atom stereocenters. The molecule has 0 bridgehead atoms. The van der Waals surface area contributed by atoms with Crippen LogP contribution in [0.15, 0.2) is 24.3 Å². The maximum absolute atomic E-state index is 5.82. The first-order chi connectivity index (χ1) is 8.20. The monoisotopic (exact) mass is 232 g/mol. The average molecular weight is 232 g/mol. The second kappa shape index (κ2) is 5.65. The van der Waals surface area contributed by atoms with E-state index in [1.54, 1.807) is 0 Å². The fourth-order valence-corrected chi connectivity index (χ4v) is 2.90. The van der Waals surface area contributed by atoms with Crippen molar-refractivity contribution in [2.75, 3.05) is 6.54 Å². The molecule has 1 saturated carbocycles. The lowest BCUT2D eigenvalue weighted by Crippen LogP contribution is -2.37. The molecule has 0 radical (unpaired) electrons. The summed E-state index contributed by atoms with van der Waals surface area (Å²) in [7, 11) is 0. The minimum absolute atomic E-state index is 0.423. The van der Waals surface area contributed by atoms with Gasteiger partial charge in [0.1, 0.15) is 0 Å². The van der Waals surface area contributed by atoms with Crippen molar-refractivity contribution >= 4 is 0 Å². The molecule has 0 aromatic heterocycles. The van der Waals surface area contributed by atoms with Gasteiger partial charge < -0.3 is 11.1 Å². The van der Waals surface area contributed by atoms with Crippen LogP contribution >= 0.6 is 0 Å². The van der Waals surface area contributed by atoms with E-state index in [0.29, 0.717) is 18.0 Å². The third kappa shape index (κ3) is 3.08. The third-order valence-corrected chi connectivity index (χ3v) is 3.97. The van der Waals surface area contributed by atoms with E-state index in [2.05, 4.69) is 43.4 Å². The Kier molecular flexibility index (Phi) is 4.19. The Morgan fingerprint density at radius 1 is 1.41 bits per heavy atom. The number of rotatable bonds is 4. The Bertz CT molecular complexity index is 362. The fourth-order valence-electron chi connectivity index (χ4n) is 2.90. The molecule has 2 heteroatoms. The molecule has 3 atom stereocenters. The van der Waals surface area contributed by atoms with Crippen LogP contribution in [0.5, 0.6) is 0 Å². The largest absolute Gasteiger partial charge is 0.330 e. The summed E-state index contributed by atoms with van der Waals surface area (Å²) >= 11 is 0. The second-order valence-corrected chi connectivity index (χ2v) is 5.34. The van der Waals surface area contributed by atoms with E-state index in [1.807, 2.05) is 0 Å². The number of nitrogens with one attached hydrogen (secondary N) is 1. The molecule has 1 aromatic rings. The molecule has 94 valence electrons. The van der Waals surface area contributed by atoms with Crippen LogP contribution in [0.1, 0.15) is 43.4 Å². The van der Waals surface area contributed by atoms with Crippen molar-refractivity contribution in [3.8, 4) is 0 Å². The first-order valence-electron chi connectivity index (χ1n) is 6.73. The molecule has 0 amide bonds. The summed E-state index contributed by atoms with van der Waals surface area (Å²) in [6, 6.07) is 9.79. The minimum atomic E-state index is 0.423. The van der Waals surface area contributed by atoms with Crippen molar-refractivity contribution in [1.82, 2.24) is 5.32 Å². The van der Waals surface area contributed by atoms with E-state index in [0.717, 1.165) is 6.54 Å². The second-order valence-electron chi connectivity index (χ2n) is 5.34. The smallest absolute Gasteiger partial charge is 0.0294 e. The van der Waals surface area contributed by atoms with Crippen LogP contribution in [0.3, 0.4) is 0 Å². The standard InChI is InChI=1S/C15H24N2/c1-11-5-3-6-13(9-11)12(2)17-15-8-4-7-14(15)10-16/h3,5-6,9,12,14-15,17H,4,7-8,10,16H2,1-2H3/t12-,14?,15?/m0/s1. The normalized spacial score (nSPS) is 26.1. The molecule has 0 spiro atoms. The van der Waals surface area contributed by atoms with Gasteiger partial charge in [0.25, 0.3) is 0 Å². The van der Waals surface area contributed by atoms with E-state index in [1.165, 1.54) is 30.4 Å². The van der Waals surface area contributed by atoms with Crippen LogP contribution in [0, 0.1) is 12.8 Å². The molecule has 3 N–H and O–H groups in total. The molecule has 2 nitrogen and oxygen atoms in total. The third-order valence-electron chi connectivity index (χ3n) is 3.97. The fraction of sp³-hybridized carbons (Fsp3) is 0.600. The van der Waals surface area contributed by atoms with Gasteiger partial charge >= 0.3 is 0 Å². The molecular weight excluding hydrogens is 208 g/mol. The zero-order valence-electron chi connectivity index (χ0n) is 10.9. The molecule has 1 fully saturated rings. The van der Waals surface area contributed by atoms with Crippen LogP contribution in [-0.2, 0) is 0 Å². The molecular formula is C15H24N2. The number of hydrogen-bond acceptors (Lipinski definition) is 2. The number of aryl methyl sites for hydroxylation is 1. The zero-order valence-corrected chi connectivity index (χ0v) is 10.9. The van der Waals surface area contributed by atoms with Crippen LogP contribution < -0.4 is 11.1 Å². The summed E-state index contributed by atoms with van der Waals surface area (Å²) in [5.74, 6) is 0.669. The van der Waals surface area contributed by atoms with Crippen LogP contribution in [-0.4, -0.2) is 12.6 Å². The lowest BCUT2D eigenvalue weighted by Gasteiger charge is -2.24. The number of hydrogen-bond donors (Lipinski definition) is 2. The Labute approximate surface area is 105 Å². The predicted molar refractivity (Wildman–Crippen MR) is 72.9 cm³/mol. The van der Waals surface area contributed by atoms with Crippen molar-refractivity contribution < 1.29 is 0 Å². The molecule has 2 rings (SSSR count). The number of nitrogens with two attached hydrogens (primary N) is 1. The topological polar surface area (TPSA) is 38.0 Å². The van der Waals surface area contributed by atoms with Crippen LogP contribution in [0.2, 0.25) is 0 Å². The minimum Gasteiger partial charge on any atom is -0.330 e. The molecule has 1 aromatic carbocycles. The zero-order chi connectivity index (χ0) is 12.3. The van der Waals surface area contributed by atoms with Gasteiger partial charge in [-0.2, -0.15) is 0 Å². The summed E-state index contributed by atoms with van der Waals surface area (Å²) in [6.07, 6.45) is 3.88. The highest BCUT2D eigenvalue weighted by molar-refractivity contribution is 5.24. The molecule has 1 aliphatic rings. The van der Waals surface area contributed by atoms with Crippen molar-refractivity contribution in [3.05, 3.63) is 35.4 Å². The van der Waals surface area contributed by atoms with Crippen molar-refractivity contribution in [1.29, 1.82) is 0 Å². The Balaban J connectivity index is 1.99. The van der Waals surface area contributed by atoms with E-state index in [-0.39, 0.29) is 0 Å². The van der Waals surface area contributed by atoms with E-state index >= 15 is 0 Å². The maximum Gasteiger partial charge on any atom is 0.0294 e. The highest BCUT2D eigenvalue weighted by Gasteiger charge is 2.27. The summed E-state index contributed by atoms with van der Waals surface area (Å²) < 4.78 is 0. The van der Waals surface area contributed by atoms with Crippen molar-refractivity contribution in [2.24, 2.45) is 11.7 Å². The Morgan fingerprint density at radius 2 is 2.24 bits per heavy atom. The Hall–Kier alpha value is -0.860. The lowest BCUT2D eigenvalue weighted by molar-refractivity contribution is 0.373. The van der Waals surface area contributed by atoms with Gasteiger partial charge in [0.15, 0.2) is 0 Å². The summed E-state index contributed by atoms with van der Waals surface area (Å²) in [5.41, 5.74) is 8.54. The van der Waals surface area contributed by atoms with Crippen LogP contribution in [0.25, 0.3) is 0 Å². The van der Waals surface area contributed by atoms with Crippen LogP contribution in [0.4, 0.5) is 0 Å². The first kappa shape index (κ1) is 12.6. The highest BCUT2D eigenvalue weighted by Crippen LogP contribution is 2.27. The maximum atomic E-state index is 5.82. The van der Waals surface area contributed by atoms with Gasteiger partial charge in [0.2, 0.25) is 0 Å². The van der Waals surface area contributed by atoms with Gasteiger partial charge in [0.05, 0.1) is 0 Å². The molecule has 1 aliphatic carbocycles. The molecule has 0 aliphatic heterocycles. The predicted octanol–water partition coefficient (Wildman–Crippen LogP) is 2.77. The van der Waals surface area contributed by atoms with Gasteiger partial charge in [-0.25, -0.2) is 0 Å². The molecule has 0 heterocycles. The molecule has 17 heavy (non-hydrogen) atoms. The van der Waals surface area contributed by atoms with Crippen molar-refractivity contribution in [2.45, 2.75) is 45.2 Å². The van der Waals surface area contributed by atoms with Gasteiger partial charge in [-0.1, -0.05) is 36.2 Å². The van der Waals surface area contributed by atoms with Gasteiger partial charge in [-0.15, -0.1) is 0 Å². The quantitative estimate of drug-likeness (QED) is 0.837. The van der Waals surface area contributed by atoms with Gasteiger partial charge in [-0.05, 0) is 44.7 Å². The van der Waals surface area contributed by atoms with E-state index in [9.17, 15) is 0 Å². The number of benzene rings is 1. The lowest BCUT2D eigenvalue weighted by atomic mass is 10.0. The first-order valence-corrected chi connectivity index (χ1v) is 6.73. The van der Waals surface area contributed by atoms with E-state index in [4.69, 9.17) is 5.73 Å². The highest BCUT2D eigenvalue weighted by atomic mass is 15.0. The van der Waals surface area contributed by atoms with Gasteiger partial charge in [-0.3, -0.25) is 0 Å². The van der Waals surface area contributed by atoms with Crippen molar-refractivity contribution in [3.63, 3.8) is 0 Å². The van der Waals surface area contributed by atoms with E-state index < -0.39 is 0 Å². The average Bonchev–Trinajstić information content (AvgIpc) is 2.76. The molecule has 0 saturated heterocycles. The summed E-state index contributed by atoms with van der Waals surface area (Å²) in [6.45, 7) is 5.22. The summed E-state index contributed by atoms with van der Waals surface area (Å²) in [5, 5.41) is 3.74. The van der Waals surface area contributed by atoms with Gasteiger partial charge in [0, 0.05) is 12.1 Å². The Morgan fingerprint density at radius 3 is 2.94 bits per heavy atom. The SMILES string of the molecule is Cc1cccc([C@H](C)NC2CCCC2CN)c1.